The lowest BCUT2D eigenvalue weighted by molar-refractivity contribution is 0.144. The summed E-state index contributed by atoms with van der Waals surface area (Å²) in [6.45, 7) is 1.12. The highest BCUT2D eigenvalue weighted by atomic mass is 35.5. The summed E-state index contributed by atoms with van der Waals surface area (Å²) in [7, 11) is 3.12. The molecule has 1 aromatic carbocycles. The van der Waals surface area contributed by atoms with Crippen LogP contribution in [0.25, 0.3) is 5.65 Å². The molecular weight excluding hydrogens is 548 g/mol. The zero-order chi connectivity index (χ0) is 29.1. The summed E-state index contributed by atoms with van der Waals surface area (Å²) in [6, 6.07) is 9.53. The molecule has 1 amide bonds. The number of ether oxygens (including phenoxy) is 1. The van der Waals surface area contributed by atoms with Gasteiger partial charge >= 0.3 is 6.09 Å². The van der Waals surface area contributed by atoms with E-state index in [9.17, 15) is 20.6 Å². The molecule has 3 aromatic rings. The first-order valence-electron chi connectivity index (χ1n) is 12.9. The molecule has 3 N–H and O–H groups in total. The molecule has 1 saturated carbocycles. The van der Waals surface area contributed by atoms with Crippen LogP contribution in [0.5, 0.6) is 0 Å². The van der Waals surface area contributed by atoms with E-state index in [0.717, 1.165) is 12.8 Å². The fraction of sp³-hybridized carbons (Fsp3) is 0.423. The van der Waals surface area contributed by atoms with Gasteiger partial charge in [-0.2, -0.15) is 25.3 Å². The number of nitrogens with zero attached hydrogens (tertiary/aromatic N) is 9. The van der Waals surface area contributed by atoms with Crippen molar-refractivity contribution in [3.63, 3.8) is 0 Å². The number of benzene rings is 1. The number of nitrogens with one attached hydrogen (secondary N) is 3. The van der Waals surface area contributed by atoms with Crippen LogP contribution in [0, 0.1) is 34.0 Å². The molecule has 0 bridgehead atoms. The molecule has 2 aromatic heterocycles. The van der Waals surface area contributed by atoms with Crippen LogP contribution in [0.2, 0.25) is 5.02 Å². The minimum atomic E-state index is -0.542. The highest BCUT2D eigenvalue weighted by Crippen LogP contribution is 2.38. The third kappa shape index (κ3) is 5.87. The molecule has 1 aliphatic carbocycles. The van der Waals surface area contributed by atoms with E-state index in [1.54, 1.807) is 12.1 Å². The lowest BCUT2D eigenvalue weighted by atomic mass is 9.97. The second-order valence-electron chi connectivity index (χ2n) is 9.90. The molecule has 0 radical (unpaired) electrons. The number of methoxy groups -OCH3 is 1. The second-order valence-corrected chi connectivity index (χ2v) is 10.3. The van der Waals surface area contributed by atoms with E-state index in [1.165, 1.54) is 17.8 Å². The SMILES string of the molecule is COC(=O)N[C@H]1CCN(c2cc(C#N)cc(Nc3nc(NC4CC4)c4ncc(C#N)n4n3)c2Cl)C[C@@H]1N(C)CC#N. The van der Waals surface area contributed by atoms with Crippen molar-refractivity contribution in [3.8, 4) is 18.2 Å². The Morgan fingerprint density at radius 1 is 1.24 bits per heavy atom. The van der Waals surface area contributed by atoms with Crippen molar-refractivity contribution < 1.29 is 9.53 Å². The van der Waals surface area contributed by atoms with Crippen molar-refractivity contribution in [2.24, 2.45) is 0 Å². The Balaban J connectivity index is 1.48. The first-order valence-corrected chi connectivity index (χ1v) is 13.3. The maximum absolute atomic E-state index is 12.0. The van der Waals surface area contributed by atoms with E-state index in [2.05, 4.69) is 49.2 Å². The van der Waals surface area contributed by atoms with Gasteiger partial charge in [0.1, 0.15) is 6.07 Å². The number of hydrogen-bond acceptors (Lipinski definition) is 12. The van der Waals surface area contributed by atoms with E-state index in [0.29, 0.717) is 52.9 Å². The standard InChI is InChI=1S/C26H27ClN12O2/c1-37(8-6-28)21-14-38(7-5-18(21)34-26(40)41-2)20-10-15(11-29)9-19(22(20)27)33-25-35-23(32-16-3-4-16)24-31-13-17(12-30)39(24)36-25/h9-10,13,16,18,21H,3-5,7-8,14H2,1-2H3,(H,34,40)(H2,32,33,35,36)/t18-,21-/m0/s1. The Morgan fingerprint density at radius 2 is 2.05 bits per heavy atom. The number of likely N-dealkylation sites (N-methyl/N-ethyl adjacent to an activating group) is 1. The van der Waals surface area contributed by atoms with Gasteiger partial charge in [0, 0.05) is 25.2 Å². The number of carbonyl (C=O) groups excluding carboxylic acids is 1. The van der Waals surface area contributed by atoms with Crippen molar-refractivity contribution in [1.82, 2.24) is 29.8 Å². The number of nitriles is 3. The number of imidazole rings is 1. The number of piperidine rings is 1. The number of amides is 1. The van der Waals surface area contributed by atoms with E-state index < -0.39 is 6.09 Å². The number of rotatable bonds is 8. The summed E-state index contributed by atoms with van der Waals surface area (Å²) in [5.41, 5.74) is 2.07. The largest absolute Gasteiger partial charge is 0.453 e. The van der Waals surface area contributed by atoms with Crippen LogP contribution in [-0.4, -0.2) is 82.5 Å². The second kappa shape index (κ2) is 11.7. The van der Waals surface area contributed by atoms with Gasteiger partial charge in [-0.25, -0.2) is 9.78 Å². The van der Waals surface area contributed by atoms with Crippen LogP contribution < -0.4 is 20.9 Å². The summed E-state index contributed by atoms with van der Waals surface area (Å²) in [6.07, 6.45) is 3.48. The smallest absolute Gasteiger partial charge is 0.407 e. The van der Waals surface area contributed by atoms with Crippen molar-refractivity contribution in [2.45, 2.75) is 37.4 Å². The molecule has 3 heterocycles. The van der Waals surface area contributed by atoms with Gasteiger partial charge in [0.2, 0.25) is 5.95 Å². The summed E-state index contributed by atoms with van der Waals surface area (Å²) in [4.78, 5) is 24.7. The summed E-state index contributed by atoms with van der Waals surface area (Å²) in [5.74, 6) is 0.661. The zero-order valence-electron chi connectivity index (χ0n) is 22.4. The fourth-order valence-corrected chi connectivity index (χ4v) is 5.12. The van der Waals surface area contributed by atoms with Crippen molar-refractivity contribution in [1.29, 1.82) is 15.8 Å². The van der Waals surface area contributed by atoms with Gasteiger partial charge in [0.05, 0.1) is 60.0 Å². The number of fused-ring (bicyclic) bond motifs is 1. The van der Waals surface area contributed by atoms with Crippen molar-refractivity contribution >= 4 is 46.5 Å². The van der Waals surface area contributed by atoms with Gasteiger partial charge in [-0.05, 0) is 38.4 Å². The Morgan fingerprint density at radius 3 is 2.73 bits per heavy atom. The van der Waals surface area contributed by atoms with Gasteiger partial charge < -0.3 is 25.6 Å². The van der Waals surface area contributed by atoms with E-state index >= 15 is 0 Å². The van der Waals surface area contributed by atoms with Crippen LogP contribution in [-0.2, 0) is 4.74 Å². The Bertz CT molecular complexity index is 1600. The fourth-order valence-electron chi connectivity index (χ4n) is 4.85. The maximum atomic E-state index is 12.0. The average molecular weight is 575 g/mol. The Labute approximate surface area is 241 Å². The number of aromatic nitrogens is 4. The monoisotopic (exact) mass is 574 g/mol. The van der Waals surface area contributed by atoms with Crippen LogP contribution in [0.1, 0.15) is 30.5 Å². The van der Waals surface area contributed by atoms with Gasteiger partial charge in [-0.15, -0.1) is 5.10 Å². The highest BCUT2D eigenvalue weighted by Gasteiger charge is 2.34. The number of anilines is 4. The first kappa shape index (κ1) is 27.7. The van der Waals surface area contributed by atoms with E-state index in [4.69, 9.17) is 16.3 Å². The molecule has 2 atom stereocenters. The minimum absolute atomic E-state index is 0.159. The van der Waals surface area contributed by atoms with E-state index in [1.807, 2.05) is 16.8 Å². The van der Waals surface area contributed by atoms with Crippen molar-refractivity contribution in [2.75, 3.05) is 49.3 Å². The van der Waals surface area contributed by atoms with Crippen LogP contribution in [0.4, 0.5) is 27.9 Å². The molecule has 0 unspecified atom stereocenters. The predicted molar refractivity (Wildman–Crippen MR) is 150 cm³/mol. The summed E-state index contributed by atoms with van der Waals surface area (Å²) < 4.78 is 6.21. The van der Waals surface area contributed by atoms with Crippen LogP contribution in [0.3, 0.4) is 0 Å². The number of carbonyl (C=O) groups is 1. The van der Waals surface area contributed by atoms with Crippen molar-refractivity contribution in [3.05, 3.63) is 34.6 Å². The molecule has 2 aliphatic rings. The minimum Gasteiger partial charge on any atom is -0.453 e. The number of alkyl carbamates (subject to hydrolysis) is 1. The molecule has 1 aliphatic heterocycles. The zero-order valence-corrected chi connectivity index (χ0v) is 23.2. The third-order valence-electron chi connectivity index (χ3n) is 7.12. The van der Waals surface area contributed by atoms with Gasteiger partial charge in [-0.3, -0.25) is 4.90 Å². The maximum Gasteiger partial charge on any atom is 0.407 e. The van der Waals surface area contributed by atoms with Gasteiger partial charge in [-0.1, -0.05) is 11.6 Å². The van der Waals surface area contributed by atoms with Crippen LogP contribution in [0.15, 0.2) is 18.3 Å². The molecule has 1 saturated heterocycles. The molecular formula is C26H27ClN12O2. The molecule has 2 fully saturated rings. The molecule has 41 heavy (non-hydrogen) atoms. The third-order valence-corrected chi connectivity index (χ3v) is 7.52. The van der Waals surface area contributed by atoms with E-state index in [-0.39, 0.29) is 36.3 Å². The number of halogens is 1. The molecule has 14 nitrogen and oxygen atoms in total. The summed E-state index contributed by atoms with van der Waals surface area (Å²) in [5, 5.41) is 42.8. The normalized spacial score (nSPS) is 18.3. The Kier molecular flexibility index (Phi) is 7.92. The lowest BCUT2D eigenvalue weighted by Crippen LogP contribution is -2.60. The molecule has 15 heteroatoms. The topological polar surface area (TPSA) is 183 Å². The van der Waals surface area contributed by atoms with Gasteiger partial charge in [0.15, 0.2) is 17.2 Å². The molecule has 210 valence electrons. The first-order chi connectivity index (χ1) is 19.8. The lowest BCUT2D eigenvalue weighted by Gasteiger charge is -2.43. The Hall–Kier alpha value is -4.84. The molecule has 5 rings (SSSR count). The highest BCUT2D eigenvalue weighted by molar-refractivity contribution is 6.36. The van der Waals surface area contributed by atoms with Crippen LogP contribution >= 0.6 is 11.6 Å². The predicted octanol–water partition coefficient (Wildman–Crippen LogP) is 2.60. The van der Waals surface area contributed by atoms with Gasteiger partial charge in [0.25, 0.3) is 0 Å². The average Bonchev–Trinajstić information content (AvgIpc) is 3.70. The number of hydrogen-bond donors (Lipinski definition) is 3. The quantitative estimate of drug-likeness (QED) is 0.335. The summed E-state index contributed by atoms with van der Waals surface area (Å²) >= 11 is 6.93. The molecule has 0 spiro atoms.